The first-order chi connectivity index (χ1) is 21.7. The van der Waals surface area contributed by atoms with Gasteiger partial charge in [-0.05, 0) is 83.5 Å². The fourth-order valence-electron chi connectivity index (χ4n) is 5.90. The third-order valence-electron chi connectivity index (χ3n) is 8.19. The first-order valence-corrected chi connectivity index (χ1v) is 15.0. The van der Waals surface area contributed by atoms with E-state index in [4.69, 9.17) is 20.7 Å². The lowest BCUT2D eigenvalue weighted by molar-refractivity contribution is 0.754. The summed E-state index contributed by atoms with van der Waals surface area (Å²) >= 11 is 0. The van der Waals surface area contributed by atoms with Crippen molar-refractivity contribution in [2.24, 2.45) is 15.7 Å². The molecule has 0 bridgehead atoms. The van der Waals surface area contributed by atoms with Crippen molar-refractivity contribution in [3.05, 3.63) is 162 Å². The Morgan fingerprint density at radius 2 is 1.59 bits per heavy atom. The summed E-state index contributed by atoms with van der Waals surface area (Å²) in [6.07, 6.45) is 13.6. The summed E-state index contributed by atoms with van der Waals surface area (Å²) in [5.41, 5.74) is 14.1. The number of aromatic nitrogens is 1. The Morgan fingerprint density at radius 1 is 0.818 bits per heavy atom. The molecule has 5 aromatic rings. The van der Waals surface area contributed by atoms with E-state index in [0.29, 0.717) is 5.84 Å². The number of nitrogens with two attached hydrogens (primary N) is 1. The standard InChI is InChI=1S/C39H33N5/c1-26(12-11-23-40)28-15-9-17-30(24-28)37-42-38(31-18-10-16-29(25-31)27-13-3-2-4-14-27)44-39(43-37)36-34-21-6-5-19-32(34)33-20-7-8-22-35(33)41-36/h2-3,5-13,15-25,38H,4,14,40H2,1H3,(H,42,43,44)/b23-11-,26-12+. The van der Waals surface area contributed by atoms with Gasteiger partial charge in [0.15, 0.2) is 12.0 Å². The third-order valence-corrected chi connectivity index (χ3v) is 8.19. The minimum Gasteiger partial charge on any atom is -0.405 e. The molecule has 0 saturated carbocycles. The lowest BCUT2D eigenvalue weighted by Gasteiger charge is -2.23. The molecule has 0 saturated heterocycles. The third kappa shape index (κ3) is 5.36. The van der Waals surface area contributed by atoms with E-state index in [1.54, 1.807) is 6.20 Å². The molecule has 0 amide bonds. The molecule has 0 radical (unpaired) electrons. The summed E-state index contributed by atoms with van der Waals surface area (Å²) in [7, 11) is 0. The lowest BCUT2D eigenvalue weighted by atomic mass is 9.95. The van der Waals surface area contributed by atoms with Crippen LogP contribution >= 0.6 is 0 Å². The van der Waals surface area contributed by atoms with E-state index in [-0.39, 0.29) is 0 Å². The second-order valence-electron chi connectivity index (χ2n) is 11.1. The van der Waals surface area contributed by atoms with Gasteiger partial charge in [0, 0.05) is 16.3 Å². The highest BCUT2D eigenvalue weighted by atomic mass is 15.2. The van der Waals surface area contributed by atoms with Gasteiger partial charge in [0.1, 0.15) is 11.5 Å². The van der Waals surface area contributed by atoms with Crippen LogP contribution in [-0.4, -0.2) is 16.7 Å². The lowest BCUT2D eigenvalue weighted by Crippen LogP contribution is -2.36. The number of benzene rings is 4. The van der Waals surface area contributed by atoms with Gasteiger partial charge in [0.2, 0.25) is 0 Å². The van der Waals surface area contributed by atoms with Crippen LogP contribution in [0.25, 0.3) is 32.8 Å². The fourth-order valence-corrected chi connectivity index (χ4v) is 5.90. The van der Waals surface area contributed by atoms with E-state index >= 15 is 0 Å². The molecule has 0 fully saturated rings. The molecule has 4 aromatic carbocycles. The molecule has 5 heteroatoms. The summed E-state index contributed by atoms with van der Waals surface area (Å²) in [6, 6.07) is 33.7. The van der Waals surface area contributed by atoms with Gasteiger partial charge in [0.05, 0.1) is 5.52 Å². The van der Waals surface area contributed by atoms with Crippen molar-refractivity contribution >= 4 is 44.5 Å². The first-order valence-electron chi connectivity index (χ1n) is 15.0. The van der Waals surface area contributed by atoms with Crippen LogP contribution in [0.4, 0.5) is 0 Å². The highest BCUT2D eigenvalue weighted by Crippen LogP contribution is 2.32. The smallest absolute Gasteiger partial charge is 0.169 e. The molecule has 5 nitrogen and oxygen atoms in total. The summed E-state index contributed by atoms with van der Waals surface area (Å²) in [4.78, 5) is 15.6. The number of allylic oxidation sites excluding steroid dienone is 7. The minimum atomic E-state index is -0.437. The maximum absolute atomic E-state index is 5.59. The van der Waals surface area contributed by atoms with Crippen molar-refractivity contribution in [1.29, 1.82) is 0 Å². The Bertz CT molecular complexity index is 2080. The Labute approximate surface area is 257 Å². The molecule has 2 aliphatic rings. The van der Waals surface area contributed by atoms with Gasteiger partial charge in [-0.1, -0.05) is 103 Å². The monoisotopic (exact) mass is 571 g/mol. The molecule has 1 unspecified atom stereocenters. The topological polar surface area (TPSA) is 75.7 Å². The summed E-state index contributed by atoms with van der Waals surface area (Å²) in [5, 5.41) is 6.91. The van der Waals surface area contributed by atoms with Gasteiger partial charge in [-0.2, -0.15) is 0 Å². The molecular formula is C39H33N5. The number of hydrogen-bond donors (Lipinski definition) is 2. The quantitative estimate of drug-likeness (QED) is 0.158. The van der Waals surface area contributed by atoms with Gasteiger partial charge in [-0.25, -0.2) is 15.0 Å². The number of hydrogen-bond acceptors (Lipinski definition) is 5. The van der Waals surface area contributed by atoms with Crippen molar-refractivity contribution in [3.63, 3.8) is 0 Å². The maximum Gasteiger partial charge on any atom is 0.169 e. The number of amidine groups is 2. The van der Waals surface area contributed by atoms with Crippen LogP contribution in [0.15, 0.2) is 144 Å². The fraction of sp³-hybridized carbons (Fsp3) is 0.103. The van der Waals surface area contributed by atoms with Crippen molar-refractivity contribution < 1.29 is 0 Å². The molecule has 44 heavy (non-hydrogen) atoms. The first kappa shape index (κ1) is 27.3. The highest BCUT2D eigenvalue weighted by molar-refractivity contribution is 6.21. The van der Waals surface area contributed by atoms with Crippen molar-refractivity contribution in [2.75, 3.05) is 0 Å². The molecule has 1 aliphatic carbocycles. The van der Waals surface area contributed by atoms with Gasteiger partial charge in [-0.15, -0.1) is 0 Å². The van der Waals surface area contributed by atoms with Gasteiger partial charge in [0.25, 0.3) is 0 Å². The van der Waals surface area contributed by atoms with Gasteiger partial charge in [-0.3, -0.25) is 0 Å². The highest BCUT2D eigenvalue weighted by Gasteiger charge is 2.24. The molecular weight excluding hydrogens is 538 g/mol. The second-order valence-corrected chi connectivity index (χ2v) is 11.1. The minimum absolute atomic E-state index is 0.437. The molecule has 3 N–H and O–H groups in total. The number of fused-ring (bicyclic) bond motifs is 3. The van der Waals surface area contributed by atoms with E-state index in [2.05, 4.69) is 121 Å². The number of rotatable bonds is 6. The number of pyridine rings is 1. The second kappa shape index (κ2) is 12.0. The van der Waals surface area contributed by atoms with Crippen LogP contribution in [0.1, 0.15) is 53.9 Å². The molecule has 214 valence electrons. The number of para-hydroxylation sites is 1. The predicted octanol–water partition coefficient (Wildman–Crippen LogP) is 8.49. The maximum atomic E-state index is 5.59. The normalized spacial score (nSPS) is 17.0. The molecule has 1 aromatic heterocycles. The Balaban J connectivity index is 1.39. The van der Waals surface area contributed by atoms with Crippen molar-refractivity contribution in [2.45, 2.75) is 25.9 Å². The van der Waals surface area contributed by atoms with E-state index in [0.717, 1.165) is 68.3 Å². The zero-order valence-corrected chi connectivity index (χ0v) is 24.6. The van der Waals surface area contributed by atoms with E-state index in [1.807, 2.05) is 18.2 Å². The average molecular weight is 572 g/mol. The van der Waals surface area contributed by atoms with E-state index < -0.39 is 6.17 Å². The van der Waals surface area contributed by atoms with Crippen LogP contribution < -0.4 is 11.1 Å². The van der Waals surface area contributed by atoms with Gasteiger partial charge < -0.3 is 11.1 Å². The molecule has 1 atom stereocenters. The van der Waals surface area contributed by atoms with Crippen LogP contribution in [0.2, 0.25) is 0 Å². The molecule has 7 rings (SSSR count). The number of aliphatic imine (C=N–C) groups is 2. The molecule has 0 spiro atoms. The SMILES string of the molecule is C/C(=C\C=C/N)c1cccc(C2=NC(c3cccc(C4=CC=CCC4)c3)N=C(c3nc4ccccc4c4ccccc34)N2)c1. The van der Waals surface area contributed by atoms with Crippen LogP contribution in [0.5, 0.6) is 0 Å². The summed E-state index contributed by atoms with van der Waals surface area (Å²) < 4.78 is 0. The summed E-state index contributed by atoms with van der Waals surface area (Å²) in [5.74, 6) is 1.46. The van der Waals surface area contributed by atoms with Crippen LogP contribution in [0.3, 0.4) is 0 Å². The Kier molecular flexibility index (Phi) is 7.43. The average Bonchev–Trinajstić information content (AvgIpc) is 3.10. The Hall–Kier alpha value is -5.55. The van der Waals surface area contributed by atoms with Crippen LogP contribution in [-0.2, 0) is 0 Å². The zero-order valence-electron chi connectivity index (χ0n) is 24.6. The largest absolute Gasteiger partial charge is 0.405 e. The number of nitrogens with one attached hydrogen (secondary N) is 1. The Morgan fingerprint density at radius 3 is 2.43 bits per heavy atom. The number of nitrogens with zero attached hydrogens (tertiary/aromatic N) is 3. The zero-order chi connectivity index (χ0) is 29.9. The van der Waals surface area contributed by atoms with Crippen LogP contribution in [0, 0.1) is 0 Å². The predicted molar refractivity (Wildman–Crippen MR) is 184 cm³/mol. The molecule has 1 aliphatic heterocycles. The van der Waals surface area contributed by atoms with E-state index in [1.165, 1.54) is 11.1 Å². The van der Waals surface area contributed by atoms with Crippen molar-refractivity contribution in [1.82, 2.24) is 10.3 Å². The van der Waals surface area contributed by atoms with Gasteiger partial charge >= 0.3 is 0 Å². The van der Waals surface area contributed by atoms with Crippen molar-refractivity contribution in [3.8, 4) is 0 Å². The summed E-state index contributed by atoms with van der Waals surface area (Å²) in [6.45, 7) is 2.08. The molecule has 2 heterocycles. The van der Waals surface area contributed by atoms with E-state index in [9.17, 15) is 0 Å².